The highest BCUT2D eigenvalue weighted by molar-refractivity contribution is 5.98. The van der Waals surface area contributed by atoms with Gasteiger partial charge in [0, 0.05) is 25.2 Å². The van der Waals surface area contributed by atoms with E-state index in [1.165, 1.54) is 6.92 Å². The lowest BCUT2D eigenvalue weighted by Crippen LogP contribution is -2.37. The van der Waals surface area contributed by atoms with Crippen molar-refractivity contribution in [2.75, 3.05) is 25.1 Å². The van der Waals surface area contributed by atoms with Crippen molar-refractivity contribution in [3.8, 4) is 5.75 Å². The number of amides is 2. The van der Waals surface area contributed by atoms with E-state index in [2.05, 4.69) is 5.32 Å². The minimum atomic E-state index is -0.926. The fourth-order valence-corrected chi connectivity index (χ4v) is 3.27. The third-order valence-electron chi connectivity index (χ3n) is 4.99. The second-order valence-corrected chi connectivity index (χ2v) is 7.14. The van der Waals surface area contributed by atoms with Gasteiger partial charge >= 0.3 is 5.97 Å². The monoisotopic (exact) mass is 410 g/mol. The maximum Gasteiger partial charge on any atom is 0.338 e. The van der Waals surface area contributed by atoms with E-state index in [4.69, 9.17) is 9.47 Å². The maximum absolute atomic E-state index is 12.4. The Balaban J connectivity index is 1.49. The van der Waals surface area contributed by atoms with Gasteiger partial charge in [-0.15, -0.1) is 0 Å². The SMILES string of the molecule is COc1ccc(CCNC(=O)[C@H](C)OC(=O)c2cccc(N3CCCC3=O)c2)cc1. The van der Waals surface area contributed by atoms with Gasteiger partial charge in [0.05, 0.1) is 12.7 Å². The Bertz CT molecular complexity index is 910. The zero-order chi connectivity index (χ0) is 21.5. The Morgan fingerprint density at radius 2 is 1.93 bits per heavy atom. The first-order valence-electron chi connectivity index (χ1n) is 10.00. The summed E-state index contributed by atoms with van der Waals surface area (Å²) in [4.78, 5) is 38.3. The van der Waals surface area contributed by atoms with Gasteiger partial charge in [0.1, 0.15) is 5.75 Å². The van der Waals surface area contributed by atoms with E-state index in [1.54, 1.807) is 36.3 Å². The topological polar surface area (TPSA) is 84.9 Å². The summed E-state index contributed by atoms with van der Waals surface area (Å²) in [7, 11) is 1.61. The molecule has 158 valence electrons. The zero-order valence-electron chi connectivity index (χ0n) is 17.2. The van der Waals surface area contributed by atoms with E-state index in [0.717, 1.165) is 17.7 Å². The average molecular weight is 410 g/mol. The maximum atomic E-state index is 12.4. The smallest absolute Gasteiger partial charge is 0.338 e. The number of rotatable bonds is 8. The Labute approximate surface area is 176 Å². The number of carbonyl (C=O) groups excluding carboxylic acids is 3. The van der Waals surface area contributed by atoms with Crippen LogP contribution >= 0.6 is 0 Å². The summed E-state index contributed by atoms with van der Waals surface area (Å²) in [6.07, 6.45) is 1.05. The Morgan fingerprint density at radius 1 is 1.17 bits per heavy atom. The summed E-state index contributed by atoms with van der Waals surface area (Å²) in [5, 5.41) is 2.78. The molecule has 0 saturated carbocycles. The molecule has 1 aliphatic heterocycles. The van der Waals surface area contributed by atoms with Gasteiger partial charge in [0.15, 0.2) is 6.10 Å². The number of carbonyl (C=O) groups is 3. The number of esters is 1. The highest BCUT2D eigenvalue weighted by atomic mass is 16.5. The molecule has 1 aliphatic rings. The van der Waals surface area contributed by atoms with Gasteiger partial charge in [-0.1, -0.05) is 18.2 Å². The lowest BCUT2D eigenvalue weighted by Gasteiger charge is -2.17. The summed E-state index contributed by atoms with van der Waals surface area (Å²) in [5.74, 6) is -0.129. The summed E-state index contributed by atoms with van der Waals surface area (Å²) in [6.45, 7) is 2.61. The van der Waals surface area contributed by atoms with Crippen LogP contribution in [0.1, 0.15) is 35.7 Å². The molecule has 3 rings (SSSR count). The molecule has 7 heteroatoms. The number of hydrogen-bond acceptors (Lipinski definition) is 5. The third kappa shape index (κ3) is 5.37. The molecule has 0 spiro atoms. The van der Waals surface area contributed by atoms with Crippen LogP contribution in [0.15, 0.2) is 48.5 Å². The number of anilines is 1. The van der Waals surface area contributed by atoms with Crippen molar-refractivity contribution >= 4 is 23.5 Å². The molecular weight excluding hydrogens is 384 g/mol. The average Bonchev–Trinajstić information content (AvgIpc) is 3.20. The van der Waals surface area contributed by atoms with Crippen LogP contribution in [-0.2, 0) is 20.7 Å². The number of methoxy groups -OCH3 is 1. The van der Waals surface area contributed by atoms with Crippen molar-refractivity contribution < 1.29 is 23.9 Å². The van der Waals surface area contributed by atoms with Crippen LogP contribution in [0, 0.1) is 0 Å². The molecule has 30 heavy (non-hydrogen) atoms. The van der Waals surface area contributed by atoms with Crippen molar-refractivity contribution in [2.45, 2.75) is 32.3 Å². The molecule has 0 aromatic heterocycles. The van der Waals surface area contributed by atoms with Crippen LogP contribution < -0.4 is 15.0 Å². The van der Waals surface area contributed by atoms with Gasteiger partial charge in [-0.2, -0.15) is 0 Å². The lowest BCUT2D eigenvalue weighted by molar-refractivity contribution is -0.129. The molecule has 7 nitrogen and oxygen atoms in total. The molecular formula is C23H26N2O5. The van der Waals surface area contributed by atoms with Gasteiger partial charge in [-0.05, 0) is 55.7 Å². The van der Waals surface area contributed by atoms with E-state index in [1.807, 2.05) is 24.3 Å². The summed E-state index contributed by atoms with van der Waals surface area (Å²) >= 11 is 0. The largest absolute Gasteiger partial charge is 0.497 e. The van der Waals surface area contributed by atoms with Crippen LogP contribution in [0.4, 0.5) is 5.69 Å². The number of benzene rings is 2. The first-order chi connectivity index (χ1) is 14.5. The van der Waals surface area contributed by atoms with E-state index < -0.39 is 12.1 Å². The minimum absolute atomic E-state index is 0.0464. The van der Waals surface area contributed by atoms with Gasteiger partial charge < -0.3 is 19.7 Å². The lowest BCUT2D eigenvalue weighted by atomic mass is 10.1. The molecule has 0 radical (unpaired) electrons. The molecule has 1 atom stereocenters. The van der Waals surface area contributed by atoms with Crippen molar-refractivity contribution in [3.63, 3.8) is 0 Å². The van der Waals surface area contributed by atoms with Crippen LogP contribution in [0.2, 0.25) is 0 Å². The molecule has 1 saturated heterocycles. The molecule has 0 aliphatic carbocycles. The van der Waals surface area contributed by atoms with E-state index in [-0.39, 0.29) is 11.8 Å². The third-order valence-corrected chi connectivity index (χ3v) is 4.99. The molecule has 0 unspecified atom stereocenters. The zero-order valence-corrected chi connectivity index (χ0v) is 17.2. The molecule has 2 amide bonds. The number of hydrogen-bond donors (Lipinski definition) is 1. The molecule has 2 aromatic rings. The number of nitrogens with one attached hydrogen (secondary N) is 1. The minimum Gasteiger partial charge on any atom is -0.497 e. The van der Waals surface area contributed by atoms with Crippen LogP contribution in [0.3, 0.4) is 0 Å². The van der Waals surface area contributed by atoms with Gasteiger partial charge in [-0.25, -0.2) is 4.79 Å². The van der Waals surface area contributed by atoms with Crippen molar-refractivity contribution in [2.24, 2.45) is 0 Å². The molecule has 1 fully saturated rings. The highest BCUT2D eigenvalue weighted by Crippen LogP contribution is 2.22. The predicted octanol–water partition coefficient (Wildman–Crippen LogP) is 2.73. The van der Waals surface area contributed by atoms with Crippen molar-refractivity contribution in [3.05, 3.63) is 59.7 Å². The van der Waals surface area contributed by atoms with Gasteiger partial charge in [0.25, 0.3) is 5.91 Å². The Morgan fingerprint density at radius 3 is 2.60 bits per heavy atom. The summed E-state index contributed by atoms with van der Waals surface area (Å²) in [5.41, 5.74) is 2.04. The van der Waals surface area contributed by atoms with E-state index >= 15 is 0 Å². The molecule has 0 bridgehead atoms. The second kappa shape index (κ2) is 9.91. The second-order valence-electron chi connectivity index (χ2n) is 7.14. The standard InChI is InChI=1S/C23H26N2O5/c1-16(22(27)24-13-12-17-8-10-20(29-2)11-9-17)30-23(28)18-5-3-6-19(15-18)25-14-4-7-21(25)26/h3,5-6,8-11,15-16H,4,7,12-14H2,1-2H3,(H,24,27)/t16-/m0/s1. The van der Waals surface area contributed by atoms with Crippen LogP contribution in [0.25, 0.3) is 0 Å². The predicted molar refractivity (Wildman–Crippen MR) is 113 cm³/mol. The van der Waals surface area contributed by atoms with Gasteiger partial charge in [0.2, 0.25) is 5.91 Å². The number of ether oxygens (including phenoxy) is 2. The normalized spacial score (nSPS) is 14.3. The highest BCUT2D eigenvalue weighted by Gasteiger charge is 2.23. The van der Waals surface area contributed by atoms with E-state index in [0.29, 0.717) is 37.2 Å². The molecule has 1 heterocycles. The van der Waals surface area contributed by atoms with Crippen molar-refractivity contribution in [1.82, 2.24) is 5.32 Å². The van der Waals surface area contributed by atoms with E-state index in [9.17, 15) is 14.4 Å². The first kappa shape index (κ1) is 21.4. The van der Waals surface area contributed by atoms with Crippen molar-refractivity contribution in [1.29, 1.82) is 0 Å². The Kier molecular flexibility index (Phi) is 7.06. The van der Waals surface area contributed by atoms with Gasteiger partial charge in [-0.3, -0.25) is 9.59 Å². The van der Waals surface area contributed by atoms with Crippen LogP contribution in [0.5, 0.6) is 5.75 Å². The Hall–Kier alpha value is -3.35. The molecule has 2 aromatic carbocycles. The summed E-state index contributed by atoms with van der Waals surface area (Å²) in [6, 6.07) is 14.3. The van der Waals surface area contributed by atoms with Crippen LogP contribution in [-0.4, -0.2) is 44.1 Å². The quantitative estimate of drug-likeness (QED) is 0.677. The fourth-order valence-electron chi connectivity index (χ4n) is 3.27. The number of nitrogens with zero attached hydrogens (tertiary/aromatic N) is 1. The summed E-state index contributed by atoms with van der Waals surface area (Å²) < 4.78 is 10.4. The first-order valence-corrected chi connectivity index (χ1v) is 10.00. The fraction of sp³-hybridized carbons (Fsp3) is 0.348. The molecule has 1 N–H and O–H groups in total.